The number of hydrogen-bond donors (Lipinski definition) is 4. The summed E-state index contributed by atoms with van der Waals surface area (Å²) in [5.74, 6) is -2.79. The molecule has 3 aromatic carbocycles. The van der Waals surface area contributed by atoms with E-state index in [4.69, 9.17) is 14.2 Å². The van der Waals surface area contributed by atoms with E-state index in [9.17, 15) is 29.1 Å². The number of likely N-dealkylation sites (N-methyl/N-ethyl adjacent to an activating group) is 1. The Hall–Kier alpha value is -5.15. The molecule has 1 aliphatic carbocycles. The van der Waals surface area contributed by atoms with Gasteiger partial charge < -0.3 is 34.9 Å². The highest BCUT2D eigenvalue weighted by Gasteiger charge is 2.44. The minimum Gasteiger partial charge on any atom is -0.449 e. The van der Waals surface area contributed by atoms with Gasteiger partial charge in [0.1, 0.15) is 12.1 Å². The lowest BCUT2D eigenvalue weighted by molar-refractivity contribution is -0.144. The lowest BCUT2D eigenvalue weighted by Crippen LogP contribution is -2.62. The molecule has 1 saturated heterocycles. The Bertz CT molecular complexity index is 2090. The molecule has 0 radical (unpaired) electrons. The number of carbonyl (C=O) groups is 5. The standard InChI is InChI=1S/C52H73N5O9/c1-12-32(4)45(42(64-10)29-43(58)57-28-20-27-41(57)47(65-11)33(5)48(60)53-34(6)46(59)35-21-14-13-15-22-35)56(9)44(31(2)3)49(61)54-50(62)52(7,8)55-51(63)66-30-40-38-25-18-16-23-36(38)37-24-17-19-26-39(37)40/h13-19,21-26,31-34,40-42,44-47,59H,12,20,27-30H2,1-11H3,(H,53,60)(H,55,63)(H,54,61,62)/t32-,33+,34+,41-,42+,44-,45-,46+,47+/m0/s1. The normalized spacial score (nSPS) is 18.6. The van der Waals surface area contributed by atoms with Gasteiger partial charge in [0, 0.05) is 32.7 Å². The molecule has 1 aliphatic heterocycles. The zero-order valence-corrected chi connectivity index (χ0v) is 40.7. The maximum absolute atomic E-state index is 14.4. The number of fused-ring (bicyclic) bond motifs is 3. The summed E-state index contributed by atoms with van der Waals surface area (Å²) < 4.78 is 17.8. The number of alkyl carbamates (subject to hydrolysis) is 1. The van der Waals surface area contributed by atoms with Gasteiger partial charge in [-0.2, -0.15) is 0 Å². The highest BCUT2D eigenvalue weighted by Crippen LogP contribution is 2.44. The highest BCUT2D eigenvalue weighted by molar-refractivity contribution is 6.02. The largest absolute Gasteiger partial charge is 0.449 e. The number of imide groups is 1. The number of nitrogens with zero attached hydrogens (tertiary/aromatic N) is 2. The molecular formula is C52H73N5O9. The third-order valence-corrected chi connectivity index (χ3v) is 13.8. The average Bonchev–Trinajstić information content (AvgIpc) is 3.91. The summed E-state index contributed by atoms with van der Waals surface area (Å²) >= 11 is 0. The van der Waals surface area contributed by atoms with Crippen LogP contribution in [-0.2, 0) is 33.4 Å². The van der Waals surface area contributed by atoms with Crippen molar-refractivity contribution in [2.24, 2.45) is 17.8 Å². The molecule has 0 spiro atoms. The van der Waals surface area contributed by atoms with Crippen molar-refractivity contribution < 1.29 is 43.3 Å². The summed E-state index contributed by atoms with van der Waals surface area (Å²) in [4.78, 5) is 72.9. The number of aliphatic hydroxyl groups excluding tert-OH is 1. The Morgan fingerprint density at radius 2 is 1.44 bits per heavy atom. The smallest absolute Gasteiger partial charge is 0.408 e. The van der Waals surface area contributed by atoms with E-state index >= 15 is 0 Å². The van der Waals surface area contributed by atoms with Gasteiger partial charge in [0.05, 0.1) is 48.8 Å². The van der Waals surface area contributed by atoms with Crippen LogP contribution in [0.15, 0.2) is 78.9 Å². The molecule has 5 amide bonds. The number of methoxy groups -OCH3 is 2. The number of hydrogen-bond acceptors (Lipinski definition) is 10. The Morgan fingerprint density at radius 3 is 2.00 bits per heavy atom. The fourth-order valence-corrected chi connectivity index (χ4v) is 10.00. The summed E-state index contributed by atoms with van der Waals surface area (Å²) in [7, 11) is 4.92. The van der Waals surface area contributed by atoms with Gasteiger partial charge in [-0.3, -0.25) is 29.4 Å². The summed E-state index contributed by atoms with van der Waals surface area (Å²) in [6, 6.07) is 23.0. The molecule has 2 aliphatic rings. The van der Waals surface area contributed by atoms with Gasteiger partial charge in [0.15, 0.2) is 0 Å². The maximum atomic E-state index is 14.4. The van der Waals surface area contributed by atoms with Crippen molar-refractivity contribution in [1.82, 2.24) is 25.8 Å². The van der Waals surface area contributed by atoms with E-state index in [0.29, 0.717) is 24.9 Å². The van der Waals surface area contributed by atoms with Crippen molar-refractivity contribution in [3.8, 4) is 11.1 Å². The van der Waals surface area contributed by atoms with Crippen LogP contribution in [0.5, 0.6) is 0 Å². The molecule has 360 valence electrons. The number of ether oxygens (including phenoxy) is 3. The third-order valence-electron chi connectivity index (χ3n) is 13.8. The summed E-state index contributed by atoms with van der Waals surface area (Å²) in [6.07, 6.45) is -0.835. The second kappa shape index (κ2) is 23.0. The Labute approximate surface area is 391 Å². The van der Waals surface area contributed by atoms with E-state index < -0.39 is 65.8 Å². The summed E-state index contributed by atoms with van der Waals surface area (Å²) in [5, 5.41) is 19.1. The molecule has 1 fully saturated rings. The Morgan fingerprint density at radius 1 is 0.848 bits per heavy atom. The highest BCUT2D eigenvalue weighted by atomic mass is 16.5. The Balaban J connectivity index is 1.22. The number of likely N-dealkylation sites (tertiary alicyclic amines) is 1. The second-order valence-electron chi connectivity index (χ2n) is 19.0. The lowest BCUT2D eigenvalue weighted by Gasteiger charge is -2.43. The van der Waals surface area contributed by atoms with E-state index in [1.807, 2.05) is 99.4 Å². The van der Waals surface area contributed by atoms with E-state index in [2.05, 4.69) is 35.0 Å². The van der Waals surface area contributed by atoms with Crippen LogP contribution >= 0.6 is 0 Å². The molecule has 9 atom stereocenters. The minimum atomic E-state index is -1.51. The molecule has 0 saturated carbocycles. The van der Waals surface area contributed by atoms with Crippen molar-refractivity contribution in [3.05, 3.63) is 95.6 Å². The first-order chi connectivity index (χ1) is 31.4. The molecule has 66 heavy (non-hydrogen) atoms. The Kier molecular flexibility index (Phi) is 18.1. The number of aliphatic hydroxyl groups is 1. The molecule has 14 heteroatoms. The number of nitrogens with one attached hydrogen (secondary N) is 3. The van der Waals surface area contributed by atoms with E-state index in [1.165, 1.54) is 13.8 Å². The summed E-state index contributed by atoms with van der Waals surface area (Å²) in [5.41, 5.74) is 3.50. The number of benzene rings is 3. The second-order valence-corrected chi connectivity index (χ2v) is 19.0. The van der Waals surface area contributed by atoms with Crippen molar-refractivity contribution in [3.63, 3.8) is 0 Å². The number of rotatable bonds is 21. The molecule has 1 heterocycles. The van der Waals surface area contributed by atoms with E-state index in [-0.39, 0.29) is 48.6 Å². The van der Waals surface area contributed by atoms with Crippen LogP contribution < -0.4 is 16.0 Å². The van der Waals surface area contributed by atoms with Crippen LogP contribution in [0.1, 0.15) is 110 Å². The van der Waals surface area contributed by atoms with Crippen LogP contribution in [0.3, 0.4) is 0 Å². The SMILES string of the molecule is CC[C@H](C)[C@@H]([C@@H](CC(=O)N1CCC[C@H]1[C@H](OC)[C@@H](C)C(=O)N[C@H](C)[C@@H](O)c1ccccc1)OC)N(C)[C@H](C(=O)NC(=O)C(C)(C)NC(=O)OCC1c2ccccc2-c2ccccc21)C(C)C. The number of carbonyl (C=O) groups excluding carboxylic acids is 5. The fraction of sp³-hybridized carbons (Fsp3) is 0.558. The quantitative estimate of drug-likeness (QED) is 0.0912. The molecule has 0 aromatic heterocycles. The van der Waals surface area contributed by atoms with Crippen molar-refractivity contribution >= 4 is 29.7 Å². The summed E-state index contributed by atoms with van der Waals surface area (Å²) in [6.45, 7) is 15.0. The molecule has 14 nitrogen and oxygen atoms in total. The van der Waals surface area contributed by atoms with Crippen molar-refractivity contribution in [2.45, 2.75) is 135 Å². The van der Waals surface area contributed by atoms with Crippen LogP contribution in [0.25, 0.3) is 11.1 Å². The number of amides is 5. The molecule has 5 rings (SSSR count). The molecular weight excluding hydrogens is 839 g/mol. The molecule has 4 N–H and O–H groups in total. The lowest BCUT2D eigenvalue weighted by atomic mass is 9.87. The van der Waals surface area contributed by atoms with Gasteiger partial charge in [-0.1, -0.05) is 120 Å². The average molecular weight is 912 g/mol. The van der Waals surface area contributed by atoms with Crippen molar-refractivity contribution in [2.75, 3.05) is 34.4 Å². The van der Waals surface area contributed by atoms with Gasteiger partial charge in [0.25, 0.3) is 5.91 Å². The monoisotopic (exact) mass is 912 g/mol. The predicted octanol–water partition coefficient (Wildman–Crippen LogP) is 6.60. The molecule has 0 unspecified atom stereocenters. The van der Waals surface area contributed by atoms with E-state index in [0.717, 1.165) is 28.7 Å². The van der Waals surface area contributed by atoms with E-state index in [1.54, 1.807) is 33.0 Å². The zero-order valence-electron chi connectivity index (χ0n) is 40.7. The van der Waals surface area contributed by atoms with Crippen LogP contribution in [0.2, 0.25) is 0 Å². The first-order valence-electron chi connectivity index (χ1n) is 23.4. The maximum Gasteiger partial charge on any atom is 0.408 e. The van der Waals surface area contributed by atoms with Gasteiger partial charge in [-0.05, 0) is 80.3 Å². The molecule has 0 bridgehead atoms. The zero-order chi connectivity index (χ0) is 48.5. The minimum absolute atomic E-state index is 0.00607. The van der Waals surface area contributed by atoms with Gasteiger partial charge >= 0.3 is 6.09 Å². The molecule has 3 aromatic rings. The van der Waals surface area contributed by atoms with Crippen LogP contribution in [-0.4, -0.2) is 121 Å². The van der Waals surface area contributed by atoms with Gasteiger partial charge in [0.2, 0.25) is 17.7 Å². The first-order valence-corrected chi connectivity index (χ1v) is 23.4. The van der Waals surface area contributed by atoms with Gasteiger partial charge in [-0.25, -0.2) is 4.79 Å². The van der Waals surface area contributed by atoms with Crippen LogP contribution in [0, 0.1) is 17.8 Å². The van der Waals surface area contributed by atoms with Crippen molar-refractivity contribution in [1.29, 1.82) is 0 Å². The van der Waals surface area contributed by atoms with Crippen LogP contribution in [0.4, 0.5) is 4.79 Å². The predicted molar refractivity (Wildman–Crippen MR) is 254 cm³/mol. The van der Waals surface area contributed by atoms with Gasteiger partial charge in [-0.15, -0.1) is 0 Å². The fourth-order valence-electron chi connectivity index (χ4n) is 10.00. The third kappa shape index (κ3) is 11.9. The topological polar surface area (TPSA) is 176 Å². The first kappa shape index (κ1) is 51.8.